The first kappa shape index (κ1) is 17.3. The number of hydrogen-bond acceptors (Lipinski definition) is 4. The van der Waals surface area contributed by atoms with E-state index in [1.54, 1.807) is 35.1 Å². The van der Waals surface area contributed by atoms with Gasteiger partial charge in [0.15, 0.2) is 0 Å². The zero-order valence-electron chi connectivity index (χ0n) is 14.4. The number of nitrogens with two attached hydrogens (primary N) is 1. The van der Waals surface area contributed by atoms with Crippen LogP contribution < -0.4 is 11.1 Å². The van der Waals surface area contributed by atoms with Gasteiger partial charge in [-0.1, -0.05) is 18.2 Å². The van der Waals surface area contributed by atoms with Crippen molar-refractivity contribution in [3.05, 3.63) is 77.4 Å². The lowest BCUT2D eigenvalue weighted by Gasteiger charge is -2.09. The third-order valence-electron chi connectivity index (χ3n) is 3.86. The molecule has 0 radical (unpaired) electrons. The van der Waals surface area contributed by atoms with Gasteiger partial charge < -0.3 is 11.1 Å². The van der Waals surface area contributed by atoms with Crippen LogP contribution in [0.1, 0.15) is 27.4 Å². The number of amides is 1. The molecule has 132 valence electrons. The molecule has 26 heavy (non-hydrogen) atoms. The van der Waals surface area contributed by atoms with Gasteiger partial charge in [0.25, 0.3) is 5.91 Å². The van der Waals surface area contributed by atoms with Gasteiger partial charge in [0, 0.05) is 30.4 Å². The molecule has 7 nitrogen and oxygen atoms in total. The average Bonchev–Trinajstić information content (AvgIpc) is 3.04. The second-order valence-corrected chi connectivity index (χ2v) is 5.87. The molecule has 4 N–H and O–H groups in total. The summed E-state index contributed by atoms with van der Waals surface area (Å²) < 4.78 is 1.57. The van der Waals surface area contributed by atoms with Crippen LogP contribution in [0, 0.1) is 12.3 Å². The van der Waals surface area contributed by atoms with E-state index >= 15 is 0 Å². The topological polar surface area (TPSA) is 110 Å². The Kier molecular flexibility index (Phi) is 5.07. The van der Waals surface area contributed by atoms with E-state index in [0.29, 0.717) is 29.9 Å². The smallest absolute Gasteiger partial charge is 0.270 e. The van der Waals surface area contributed by atoms with Gasteiger partial charge in [-0.15, -0.1) is 0 Å². The Hall–Kier alpha value is -3.48. The van der Waals surface area contributed by atoms with Crippen LogP contribution in [-0.2, 0) is 6.42 Å². The number of hydrogen-bond donors (Lipinski definition) is 3. The second kappa shape index (κ2) is 7.60. The SMILES string of the molecule is Cc1cc(C(=O)NCCc2ccccn2)n(-c2cccc(C(=N)N)c2)n1. The van der Waals surface area contributed by atoms with Crippen molar-refractivity contribution in [2.75, 3.05) is 6.54 Å². The third-order valence-corrected chi connectivity index (χ3v) is 3.86. The van der Waals surface area contributed by atoms with Gasteiger partial charge in [-0.3, -0.25) is 15.2 Å². The lowest BCUT2D eigenvalue weighted by Crippen LogP contribution is -2.28. The van der Waals surface area contributed by atoms with Crippen LogP contribution in [0.2, 0.25) is 0 Å². The van der Waals surface area contributed by atoms with E-state index in [1.807, 2.05) is 31.2 Å². The van der Waals surface area contributed by atoms with Gasteiger partial charge in [0.2, 0.25) is 0 Å². The Labute approximate surface area is 151 Å². The molecule has 0 fully saturated rings. The number of amidine groups is 1. The highest BCUT2D eigenvalue weighted by Crippen LogP contribution is 2.14. The average molecular weight is 348 g/mol. The molecule has 0 spiro atoms. The maximum absolute atomic E-state index is 12.6. The molecule has 7 heteroatoms. The largest absolute Gasteiger partial charge is 0.384 e. The number of pyridine rings is 1. The lowest BCUT2D eigenvalue weighted by atomic mass is 10.2. The monoisotopic (exact) mass is 348 g/mol. The minimum atomic E-state index is -0.213. The number of rotatable bonds is 6. The Morgan fingerprint density at radius 1 is 1.23 bits per heavy atom. The molecule has 3 rings (SSSR count). The number of nitrogens with zero attached hydrogens (tertiary/aromatic N) is 3. The highest BCUT2D eigenvalue weighted by molar-refractivity contribution is 5.96. The Morgan fingerprint density at radius 3 is 2.81 bits per heavy atom. The van der Waals surface area contributed by atoms with Crippen LogP contribution in [0.4, 0.5) is 0 Å². The fraction of sp³-hybridized carbons (Fsp3) is 0.158. The van der Waals surface area contributed by atoms with Crippen LogP contribution in [-0.4, -0.2) is 33.1 Å². The highest BCUT2D eigenvalue weighted by Gasteiger charge is 2.15. The highest BCUT2D eigenvalue weighted by atomic mass is 16.2. The minimum absolute atomic E-state index is 0.0305. The maximum Gasteiger partial charge on any atom is 0.270 e. The van der Waals surface area contributed by atoms with Crippen molar-refractivity contribution < 1.29 is 4.79 Å². The van der Waals surface area contributed by atoms with Crippen molar-refractivity contribution in [2.24, 2.45) is 5.73 Å². The number of aryl methyl sites for hydroxylation is 1. The molecule has 3 aromatic rings. The van der Waals surface area contributed by atoms with Crippen LogP contribution >= 0.6 is 0 Å². The maximum atomic E-state index is 12.6. The van der Waals surface area contributed by atoms with Gasteiger partial charge in [-0.2, -0.15) is 5.10 Å². The fourth-order valence-corrected chi connectivity index (χ4v) is 2.60. The van der Waals surface area contributed by atoms with Gasteiger partial charge >= 0.3 is 0 Å². The molecule has 0 atom stereocenters. The molecular formula is C19H20N6O. The van der Waals surface area contributed by atoms with Crippen molar-refractivity contribution in [1.82, 2.24) is 20.1 Å². The van der Waals surface area contributed by atoms with Crippen LogP contribution in [0.3, 0.4) is 0 Å². The molecule has 1 amide bonds. The molecule has 0 unspecified atom stereocenters. The summed E-state index contributed by atoms with van der Waals surface area (Å²) in [6, 6.07) is 14.5. The van der Waals surface area contributed by atoms with E-state index in [2.05, 4.69) is 15.4 Å². The lowest BCUT2D eigenvalue weighted by molar-refractivity contribution is 0.0946. The quantitative estimate of drug-likeness (QED) is 0.466. The Bertz CT molecular complexity index is 932. The standard InChI is InChI=1S/C19H20N6O/c1-13-11-17(19(26)23-10-8-15-6-2-3-9-22-15)25(24-13)16-7-4-5-14(12-16)18(20)21/h2-7,9,11-12H,8,10H2,1H3,(H3,20,21)(H,23,26). The van der Waals surface area contributed by atoms with Gasteiger partial charge in [-0.25, -0.2) is 4.68 Å². The summed E-state index contributed by atoms with van der Waals surface area (Å²) in [5, 5.41) is 14.9. The van der Waals surface area contributed by atoms with Gasteiger partial charge in [0.05, 0.1) is 11.4 Å². The summed E-state index contributed by atoms with van der Waals surface area (Å²) in [5.41, 5.74) is 8.90. The summed E-state index contributed by atoms with van der Waals surface area (Å²) in [7, 11) is 0. The van der Waals surface area contributed by atoms with E-state index in [0.717, 1.165) is 11.4 Å². The van der Waals surface area contributed by atoms with Gasteiger partial charge in [-0.05, 0) is 37.3 Å². The van der Waals surface area contributed by atoms with Crippen LogP contribution in [0.25, 0.3) is 5.69 Å². The molecule has 2 aromatic heterocycles. The van der Waals surface area contributed by atoms with E-state index in [4.69, 9.17) is 11.1 Å². The molecule has 0 aliphatic carbocycles. The fourth-order valence-electron chi connectivity index (χ4n) is 2.60. The number of nitrogens with one attached hydrogen (secondary N) is 2. The molecule has 1 aromatic carbocycles. The Balaban J connectivity index is 1.77. The summed E-state index contributed by atoms with van der Waals surface area (Å²) in [6.07, 6.45) is 2.39. The number of carbonyl (C=O) groups excluding carboxylic acids is 1. The van der Waals surface area contributed by atoms with E-state index < -0.39 is 0 Å². The number of carbonyl (C=O) groups is 1. The zero-order valence-corrected chi connectivity index (χ0v) is 14.4. The van der Waals surface area contributed by atoms with Gasteiger partial charge in [0.1, 0.15) is 11.5 Å². The first-order valence-electron chi connectivity index (χ1n) is 8.24. The third kappa shape index (κ3) is 3.94. The molecular weight excluding hydrogens is 328 g/mol. The summed E-state index contributed by atoms with van der Waals surface area (Å²) >= 11 is 0. The van der Waals surface area contributed by atoms with Crippen molar-refractivity contribution in [3.8, 4) is 5.69 Å². The van der Waals surface area contributed by atoms with Crippen molar-refractivity contribution in [3.63, 3.8) is 0 Å². The summed E-state index contributed by atoms with van der Waals surface area (Å²) in [6.45, 7) is 2.31. The normalized spacial score (nSPS) is 10.5. The van der Waals surface area contributed by atoms with E-state index in [-0.39, 0.29) is 11.7 Å². The molecule has 2 heterocycles. The number of benzene rings is 1. The zero-order chi connectivity index (χ0) is 18.5. The minimum Gasteiger partial charge on any atom is -0.384 e. The Morgan fingerprint density at radius 2 is 2.08 bits per heavy atom. The van der Waals surface area contributed by atoms with Crippen molar-refractivity contribution in [1.29, 1.82) is 5.41 Å². The number of nitrogen functional groups attached to an aromatic ring is 1. The first-order chi connectivity index (χ1) is 12.5. The summed E-state index contributed by atoms with van der Waals surface area (Å²) in [4.78, 5) is 16.8. The van der Waals surface area contributed by atoms with Crippen LogP contribution in [0.15, 0.2) is 54.7 Å². The first-order valence-corrected chi connectivity index (χ1v) is 8.24. The summed E-state index contributed by atoms with van der Waals surface area (Å²) in [5.74, 6) is -0.244. The molecule has 0 aliphatic heterocycles. The predicted octanol–water partition coefficient (Wildman–Crippen LogP) is 1.83. The van der Waals surface area contributed by atoms with E-state index in [9.17, 15) is 4.79 Å². The van der Waals surface area contributed by atoms with Crippen LogP contribution in [0.5, 0.6) is 0 Å². The van der Waals surface area contributed by atoms with E-state index in [1.165, 1.54) is 0 Å². The molecule has 0 aliphatic rings. The predicted molar refractivity (Wildman–Crippen MR) is 99.6 cm³/mol. The molecule has 0 saturated heterocycles. The number of aromatic nitrogens is 3. The van der Waals surface area contributed by atoms with Crippen molar-refractivity contribution >= 4 is 11.7 Å². The second-order valence-electron chi connectivity index (χ2n) is 5.87. The molecule has 0 bridgehead atoms. The van der Waals surface area contributed by atoms with Crippen molar-refractivity contribution in [2.45, 2.75) is 13.3 Å². The molecule has 0 saturated carbocycles.